The van der Waals surface area contributed by atoms with E-state index in [0.717, 1.165) is 36.8 Å². The third-order valence-corrected chi connectivity index (χ3v) is 4.01. The normalized spacial score (nSPS) is 18.9. The van der Waals surface area contributed by atoms with Crippen LogP contribution in [0.4, 0.5) is 0 Å². The van der Waals surface area contributed by atoms with Gasteiger partial charge < -0.3 is 10.0 Å². The number of carbonyl (C=O) groups excluding carboxylic acids is 1. The zero-order valence-corrected chi connectivity index (χ0v) is 11.9. The molecule has 5 heteroatoms. The molecule has 21 heavy (non-hydrogen) atoms. The molecule has 1 atom stereocenters. The second-order valence-electron chi connectivity index (χ2n) is 5.52. The van der Waals surface area contributed by atoms with Crippen molar-refractivity contribution < 1.29 is 9.90 Å². The Morgan fingerprint density at radius 2 is 2.14 bits per heavy atom. The third-order valence-electron chi connectivity index (χ3n) is 4.01. The quantitative estimate of drug-likeness (QED) is 0.935. The highest BCUT2D eigenvalue weighted by Gasteiger charge is 2.25. The largest absolute Gasteiger partial charge is 0.396 e. The number of rotatable bonds is 3. The molecule has 0 saturated carbocycles. The first kappa shape index (κ1) is 13.9. The van der Waals surface area contributed by atoms with Gasteiger partial charge in [-0.15, -0.1) is 0 Å². The highest BCUT2D eigenvalue weighted by Crippen LogP contribution is 2.21. The lowest BCUT2D eigenvalue weighted by molar-refractivity contribution is 0.0647. The number of aliphatic hydroxyl groups is 1. The van der Waals surface area contributed by atoms with Gasteiger partial charge in [-0.1, -0.05) is 12.1 Å². The van der Waals surface area contributed by atoms with Crippen LogP contribution in [0.5, 0.6) is 0 Å². The van der Waals surface area contributed by atoms with Crippen LogP contribution in [0.2, 0.25) is 0 Å². The Labute approximate surface area is 123 Å². The second kappa shape index (κ2) is 6.18. The zero-order valence-electron chi connectivity index (χ0n) is 11.9. The van der Waals surface area contributed by atoms with Crippen LogP contribution in [-0.2, 0) is 0 Å². The number of likely N-dealkylation sites (tertiary alicyclic amines) is 1. The molecule has 0 spiro atoms. The molecular weight excluding hydrogens is 266 g/mol. The fourth-order valence-corrected chi connectivity index (χ4v) is 2.89. The molecule has 2 aromatic rings. The molecule has 0 bridgehead atoms. The smallest absolute Gasteiger partial charge is 0.274 e. The molecule has 5 nitrogen and oxygen atoms in total. The van der Waals surface area contributed by atoms with Crippen LogP contribution in [0, 0.1) is 5.92 Å². The monoisotopic (exact) mass is 285 g/mol. The summed E-state index contributed by atoms with van der Waals surface area (Å²) in [5.41, 5.74) is 1.94. The first-order valence-electron chi connectivity index (χ1n) is 7.40. The number of para-hydroxylation sites is 2. The van der Waals surface area contributed by atoms with Gasteiger partial charge in [-0.05, 0) is 37.3 Å². The Kier molecular flexibility index (Phi) is 4.10. The lowest BCUT2D eigenvalue weighted by Gasteiger charge is -2.32. The van der Waals surface area contributed by atoms with Crippen LogP contribution in [0.25, 0.3) is 11.0 Å². The van der Waals surface area contributed by atoms with Gasteiger partial charge in [0.15, 0.2) is 0 Å². The van der Waals surface area contributed by atoms with Gasteiger partial charge in [0.2, 0.25) is 0 Å². The summed E-state index contributed by atoms with van der Waals surface area (Å²) in [6.45, 7) is 1.64. The molecular formula is C16H19N3O2. The number of nitrogens with zero attached hydrogens (tertiary/aromatic N) is 3. The number of aromatic nitrogens is 2. The lowest BCUT2D eigenvalue weighted by Crippen LogP contribution is -2.40. The SMILES string of the molecule is O=C(c1cnc2ccccc2n1)N1CCCC(CCO)C1. The fraction of sp³-hybridized carbons (Fsp3) is 0.438. The van der Waals surface area contributed by atoms with Crippen molar-refractivity contribution in [2.24, 2.45) is 5.92 Å². The average Bonchev–Trinajstić information content (AvgIpc) is 2.54. The molecule has 1 N–H and O–H groups in total. The van der Waals surface area contributed by atoms with Gasteiger partial charge in [0.25, 0.3) is 5.91 Å². The summed E-state index contributed by atoms with van der Waals surface area (Å²) in [5.74, 6) is 0.331. The third kappa shape index (κ3) is 3.03. The predicted octanol–water partition coefficient (Wildman–Crippen LogP) is 1.86. The standard InChI is InChI=1S/C16H19N3O2/c20-9-7-12-4-3-8-19(11-12)16(21)15-10-17-13-5-1-2-6-14(13)18-15/h1-2,5-6,10,12,20H,3-4,7-9,11H2. The van der Waals surface area contributed by atoms with Crippen LogP contribution < -0.4 is 0 Å². The molecule has 0 radical (unpaired) electrons. The average molecular weight is 285 g/mol. The number of amides is 1. The van der Waals surface area contributed by atoms with E-state index < -0.39 is 0 Å². The first-order chi connectivity index (χ1) is 10.3. The summed E-state index contributed by atoms with van der Waals surface area (Å²) in [5, 5.41) is 9.05. The van der Waals surface area contributed by atoms with E-state index in [4.69, 9.17) is 5.11 Å². The van der Waals surface area contributed by atoms with Crippen molar-refractivity contribution in [2.75, 3.05) is 19.7 Å². The maximum atomic E-state index is 12.6. The van der Waals surface area contributed by atoms with Crippen LogP contribution in [0.15, 0.2) is 30.5 Å². The summed E-state index contributed by atoms with van der Waals surface area (Å²) in [4.78, 5) is 23.1. The van der Waals surface area contributed by atoms with Gasteiger partial charge in [0.05, 0.1) is 17.2 Å². The Bertz CT molecular complexity index is 642. The van der Waals surface area contributed by atoms with Gasteiger partial charge in [-0.3, -0.25) is 9.78 Å². The van der Waals surface area contributed by atoms with Crippen LogP contribution >= 0.6 is 0 Å². The van der Waals surface area contributed by atoms with E-state index in [1.165, 1.54) is 0 Å². The molecule has 1 aliphatic heterocycles. The van der Waals surface area contributed by atoms with Gasteiger partial charge in [-0.25, -0.2) is 4.98 Å². The number of benzene rings is 1. The number of hydrogen-bond acceptors (Lipinski definition) is 4. The maximum Gasteiger partial charge on any atom is 0.274 e. The molecule has 1 aliphatic rings. The van der Waals surface area contributed by atoms with Crippen LogP contribution in [0.1, 0.15) is 29.8 Å². The van der Waals surface area contributed by atoms with Crippen molar-refractivity contribution in [3.8, 4) is 0 Å². The van der Waals surface area contributed by atoms with Crippen LogP contribution in [-0.4, -0.2) is 45.6 Å². The molecule has 1 aromatic carbocycles. The minimum absolute atomic E-state index is 0.0594. The molecule has 1 saturated heterocycles. The van der Waals surface area contributed by atoms with Gasteiger partial charge in [-0.2, -0.15) is 0 Å². The summed E-state index contributed by atoms with van der Waals surface area (Å²) >= 11 is 0. The predicted molar refractivity (Wildman–Crippen MR) is 79.9 cm³/mol. The van der Waals surface area contributed by atoms with Crippen molar-refractivity contribution in [3.05, 3.63) is 36.2 Å². The fourth-order valence-electron chi connectivity index (χ4n) is 2.89. The highest BCUT2D eigenvalue weighted by molar-refractivity contribution is 5.93. The number of fused-ring (bicyclic) bond motifs is 1. The number of piperidine rings is 1. The number of hydrogen-bond donors (Lipinski definition) is 1. The topological polar surface area (TPSA) is 66.3 Å². The van der Waals surface area contributed by atoms with Crippen molar-refractivity contribution in [3.63, 3.8) is 0 Å². The number of aliphatic hydroxyl groups excluding tert-OH is 1. The van der Waals surface area contributed by atoms with Crippen molar-refractivity contribution >= 4 is 16.9 Å². The minimum Gasteiger partial charge on any atom is -0.396 e. The minimum atomic E-state index is -0.0594. The zero-order chi connectivity index (χ0) is 14.7. The Morgan fingerprint density at radius 1 is 1.33 bits per heavy atom. The molecule has 110 valence electrons. The highest BCUT2D eigenvalue weighted by atomic mass is 16.3. The molecule has 0 aliphatic carbocycles. The van der Waals surface area contributed by atoms with E-state index in [-0.39, 0.29) is 12.5 Å². The van der Waals surface area contributed by atoms with Crippen molar-refractivity contribution in [1.29, 1.82) is 0 Å². The summed E-state index contributed by atoms with van der Waals surface area (Å²) in [6, 6.07) is 7.55. The summed E-state index contributed by atoms with van der Waals surface area (Å²) < 4.78 is 0. The van der Waals surface area contributed by atoms with E-state index in [9.17, 15) is 4.79 Å². The first-order valence-corrected chi connectivity index (χ1v) is 7.40. The van der Waals surface area contributed by atoms with E-state index in [1.807, 2.05) is 29.2 Å². The van der Waals surface area contributed by atoms with Gasteiger partial charge in [0, 0.05) is 19.7 Å². The second-order valence-corrected chi connectivity index (χ2v) is 5.52. The Hall–Kier alpha value is -2.01. The molecule has 3 rings (SSSR count). The summed E-state index contributed by atoms with van der Waals surface area (Å²) in [7, 11) is 0. The maximum absolute atomic E-state index is 12.6. The van der Waals surface area contributed by atoms with E-state index in [0.29, 0.717) is 18.2 Å². The van der Waals surface area contributed by atoms with E-state index in [1.54, 1.807) is 6.20 Å². The molecule has 1 aromatic heterocycles. The molecule has 1 amide bonds. The molecule has 1 unspecified atom stereocenters. The molecule has 1 fully saturated rings. The van der Waals surface area contributed by atoms with E-state index in [2.05, 4.69) is 9.97 Å². The van der Waals surface area contributed by atoms with Crippen molar-refractivity contribution in [1.82, 2.24) is 14.9 Å². The number of carbonyl (C=O) groups is 1. The lowest BCUT2D eigenvalue weighted by atomic mass is 9.95. The Balaban J connectivity index is 1.79. The van der Waals surface area contributed by atoms with Crippen LogP contribution in [0.3, 0.4) is 0 Å². The van der Waals surface area contributed by atoms with Gasteiger partial charge in [0.1, 0.15) is 5.69 Å². The van der Waals surface area contributed by atoms with Crippen molar-refractivity contribution in [2.45, 2.75) is 19.3 Å². The Morgan fingerprint density at radius 3 is 2.95 bits per heavy atom. The molecule has 2 heterocycles. The summed E-state index contributed by atoms with van der Waals surface area (Å²) in [6.07, 6.45) is 4.37. The van der Waals surface area contributed by atoms with Gasteiger partial charge >= 0.3 is 0 Å². The van der Waals surface area contributed by atoms with E-state index >= 15 is 0 Å².